The van der Waals surface area contributed by atoms with Crippen molar-refractivity contribution in [2.75, 3.05) is 29.9 Å². The number of piperidine rings is 1. The van der Waals surface area contributed by atoms with E-state index in [9.17, 15) is 9.59 Å². The Bertz CT molecular complexity index is 1470. The summed E-state index contributed by atoms with van der Waals surface area (Å²) in [5, 5.41) is 12.0. The molecule has 8 nitrogen and oxygen atoms in total. The fourth-order valence-corrected chi connectivity index (χ4v) is 4.39. The van der Waals surface area contributed by atoms with Crippen molar-refractivity contribution in [1.29, 1.82) is 0 Å². The van der Waals surface area contributed by atoms with Gasteiger partial charge >= 0.3 is 5.97 Å². The molecule has 0 bridgehead atoms. The van der Waals surface area contributed by atoms with Crippen LogP contribution in [0.2, 0.25) is 0 Å². The van der Waals surface area contributed by atoms with E-state index in [2.05, 4.69) is 10.3 Å². The summed E-state index contributed by atoms with van der Waals surface area (Å²) in [6, 6.07) is 25.9. The first kappa shape index (κ1) is 26.7. The number of rotatable bonds is 9. The number of carbonyl (C=O) groups is 2. The van der Waals surface area contributed by atoms with Crippen molar-refractivity contribution in [1.82, 2.24) is 4.98 Å². The summed E-state index contributed by atoms with van der Waals surface area (Å²) in [6.45, 7) is 0.740. The lowest BCUT2D eigenvalue weighted by molar-refractivity contribution is 0.0596. The van der Waals surface area contributed by atoms with Crippen LogP contribution in [0.3, 0.4) is 0 Å². The number of amides is 1. The van der Waals surface area contributed by atoms with Gasteiger partial charge in [-0.15, -0.1) is 0 Å². The molecule has 0 spiro atoms. The van der Waals surface area contributed by atoms with E-state index >= 15 is 4.39 Å². The monoisotopic (exact) mass is 541 g/mol. The van der Waals surface area contributed by atoms with E-state index in [-0.39, 0.29) is 30.9 Å². The van der Waals surface area contributed by atoms with E-state index in [1.807, 2.05) is 35.2 Å². The molecule has 1 saturated heterocycles. The molecule has 40 heavy (non-hydrogen) atoms. The summed E-state index contributed by atoms with van der Waals surface area (Å²) in [4.78, 5) is 30.4. The van der Waals surface area contributed by atoms with Crippen LogP contribution >= 0.6 is 0 Å². The Morgan fingerprint density at radius 1 is 0.875 bits per heavy atom. The zero-order valence-corrected chi connectivity index (χ0v) is 21.6. The number of halogens is 1. The fourth-order valence-electron chi connectivity index (χ4n) is 4.39. The molecule has 0 radical (unpaired) electrons. The molecule has 204 valence electrons. The van der Waals surface area contributed by atoms with Gasteiger partial charge < -0.3 is 24.8 Å². The number of alkyl halides is 1. The van der Waals surface area contributed by atoms with Gasteiger partial charge in [-0.2, -0.15) is 0 Å². The second kappa shape index (κ2) is 11.9. The highest BCUT2D eigenvalue weighted by atomic mass is 19.1. The third-order valence-electron chi connectivity index (χ3n) is 6.64. The van der Waals surface area contributed by atoms with Crippen LogP contribution in [0.15, 0.2) is 97.2 Å². The van der Waals surface area contributed by atoms with Crippen molar-refractivity contribution < 1.29 is 28.6 Å². The van der Waals surface area contributed by atoms with Gasteiger partial charge in [-0.1, -0.05) is 30.3 Å². The Balaban J connectivity index is 1.13. The first-order chi connectivity index (χ1) is 19.4. The molecule has 1 fully saturated rings. The van der Waals surface area contributed by atoms with E-state index in [1.165, 1.54) is 12.1 Å². The zero-order chi connectivity index (χ0) is 28.0. The normalized spacial score (nSPS) is 14.3. The van der Waals surface area contributed by atoms with Crippen molar-refractivity contribution in [3.8, 4) is 17.2 Å². The van der Waals surface area contributed by atoms with Crippen molar-refractivity contribution >= 4 is 23.4 Å². The molecule has 9 heteroatoms. The predicted molar refractivity (Wildman–Crippen MR) is 149 cm³/mol. The van der Waals surface area contributed by atoms with Crippen LogP contribution in [0.1, 0.15) is 33.6 Å². The lowest BCUT2D eigenvalue weighted by atomic mass is 9.94. The number of hydrogen-bond donors (Lipinski definition) is 2. The third-order valence-corrected chi connectivity index (χ3v) is 6.64. The minimum atomic E-state index is -1.53. The highest BCUT2D eigenvalue weighted by Gasteiger charge is 2.36. The van der Waals surface area contributed by atoms with Crippen LogP contribution in [0, 0.1) is 0 Å². The minimum absolute atomic E-state index is 0.0940. The summed E-state index contributed by atoms with van der Waals surface area (Å²) in [7, 11) is 0. The fraction of sp³-hybridized carbons (Fsp3) is 0.194. The predicted octanol–water partition coefficient (Wildman–Crippen LogP) is 6.21. The number of aromatic nitrogens is 1. The molecule has 1 aliphatic heterocycles. The number of ether oxygens (including phenoxy) is 2. The van der Waals surface area contributed by atoms with Crippen molar-refractivity contribution in [2.45, 2.75) is 18.5 Å². The van der Waals surface area contributed by atoms with E-state index in [4.69, 9.17) is 14.6 Å². The van der Waals surface area contributed by atoms with E-state index in [1.54, 1.807) is 54.7 Å². The lowest BCUT2D eigenvalue weighted by Crippen LogP contribution is -2.45. The molecule has 2 heterocycles. The molecule has 1 aliphatic rings. The molecular weight excluding hydrogens is 513 g/mol. The summed E-state index contributed by atoms with van der Waals surface area (Å²) < 4.78 is 26.8. The maximum atomic E-state index is 15.4. The van der Waals surface area contributed by atoms with Gasteiger partial charge in [0, 0.05) is 31.5 Å². The number of carboxylic acids is 1. The number of carboxylic acid groups (broad SMARTS) is 1. The van der Waals surface area contributed by atoms with Gasteiger partial charge in [0.15, 0.2) is 0 Å². The van der Waals surface area contributed by atoms with Crippen LogP contribution in [0.25, 0.3) is 0 Å². The van der Waals surface area contributed by atoms with Crippen LogP contribution in [-0.4, -0.2) is 47.3 Å². The van der Waals surface area contributed by atoms with Gasteiger partial charge in [0.05, 0.1) is 17.4 Å². The Morgan fingerprint density at radius 3 is 2.25 bits per heavy atom. The van der Waals surface area contributed by atoms with Gasteiger partial charge in [-0.05, 0) is 60.7 Å². The minimum Gasteiger partial charge on any atom is -0.490 e. The Kier molecular flexibility index (Phi) is 7.91. The molecule has 0 saturated carbocycles. The van der Waals surface area contributed by atoms with Crippen molar-refractivity contribution in [3.05, 3.63) is 108 Å². The molecule has 0 atom stereocenters. The summed E-state index contributed by atoms with van der Waals surface area (Å²) >= 11 is 0. The van der Waals surface area contributed by atoms with Crippen LogP contribution in [-0.2, 0) is 0 Å². The maximum Gasteiger partial charge on any atom is 0.335 e. The molecule has 3 aromatic carbocycles. The highest BCUT2D eigenvalue weighted by Crippen LogP contribution is 2.30. The number of aromatic carboxylic acids is 1. The number of benzene rings is 3. The third kappa shape index (κ3) is 6.74. The molecule has 2 N–H and O–H groups in total. The van der Waals surface area contributed by atoms with E-state index in [0.717, 1.165) is 0 Å². The molecule has 4 aromatic rings. The summed E-state index contributed by atoms with van der Waals surface area (Å²) in [6.07, 6.45) is 2.06. The molecule has 0 unspecified atom stereocenters. The SMILES string of the molecule is O=C(O)c1cccc(OCC2(F)CCN(c3ccc(NC(=O)c4cccc(Oc5ccccc5)c4)cn3)CC2)c1. The van der Waals surface area contributed by atoms with Gasteiger partial charge in [0.25, 0.3) is 5.91 Å². The number of para-hydroxylation sites is 1. The van der Waals surface area contributed by atoms with Gasteiger partial charge in [-0.3, -0.25) is 4.79 Å². The quantitative estimate of drug-likeness (QED) is 0.260. The standard InChI is InChI=1S/C31H28FN3O5/c32-31(21-39-26-10-5-7-23(19-26)30(37)38)14-16-35(17-15-31)28-13-12-24(20-33-28)34-29(36)22-6-4-11-27(18-22)40-25-8-2-1-3-9-25/h1-13,18-20H,14-17,21H2,(H,34,36)(H,37,38). The Labute approximate surface area is 231 Å². The second-order valence-corrected chi connectivity index (χ2v) is 9.56. The number of pyridine rings is 1. The number of nitrogens with zero attached hydrogens (tertiary/aromatic N) is 2. The topological polar surface area (TPSA) is 101 Å². The molecule has 1 amide bonds. The van der Waals surface area contributed by atoms with Crippen LogP contribution in [0.4, 0.5) is 15.9 Å². The lowest BCUT2D eigenvalue weighted by Gasteiger charge is -2.36. The Morgan fingerprint density at radius 2 is 1.55 bits per heavy atom. The molecule has 1 aromatic heterocycles. The van der Waals surface area contributed by atoms with Gasteiger partial charge in [-0.25, -0.2) is 14.2 Å². The number of nitrogens with one attached hydrogen (secondary N) is 1. The Hall–Kier alpha value is -4.92. The van der Waals surface area contributed by atoms with E-state index in [0.29, 0.717) is 47.4 Å². The zero-order valence-electron chi connectivity index (χ0n) is 21.6. The summed E-state index contributed by atoms with van der Waals surface area (Å²) in [5.74, 6) is 0.903. The first-order valence-corrected chi connectivity index (χ1v) is 12.9. The maximum absolute atomic E-state index is 15.4. The van der Waals surface area contributed by atoms with Crippen LogP contribution in [0.5, 0.6) is 17.2 Å². The number of carbonyl (C=O) groups excluding carboxylic acids is 1. The van der Waals surface area contributed by atoms with Gasteiger partial charge in [0.2, 0.25) is 0 Å². The number of anilines is 2. The largest absolute Gasteiger partial charge is 0.490 e. The molecule has 5 rings (SSSR count). The first-order valence-electron chi connectivity index (χ1n) is 12.9. The molecular formula is C31H28FN3O5. The molecule has 0 aliphatic carbocycles. The summed E-state index contributed by atoms with van der Waals surface area (Å²) in [5.41, 5.74) is -0.444. The van der Waals surface area contributed by atoms with E-state index < -0.39 is 11.6 Å². The number of hydrogen-bond acceptors (Lipinski definition) is 6. The average molecular weight is 542 g/mol. The highest BCUT2D eigenvalue weighted by molar-refractivity contribution is 6.04. The smallest absolute Gasteiger partial charge is 0.335 e. The second-order valence-electron chi connectivity index (χ2n) is 9.56. The average Bonchev–Trinajstić information content (AvgIpc) is 2.98. The van der Waals surface area contributed by atoms with Gasteiger partial charge in [0.1, 0.15) is 35.3 Å². The van der Waals surface area contributed by atoms with Crippen LogP contribution < -0.4 is 19.7 Å². The van der Waals surface area contributed by atoms with Crippen molar-refractivity contribution in [3.63, 3.8) is 0 Å². The van der Waals surface area contributed by atoms with Crippen molar-refractivity contribution in [2.24, 2.45) is 0 Å².